The van der Waals surface area contributed by atoms with Gasteiger partial charge in [-0.1, -0.05) is 18.2 Å². The average Bonchev–Trinajstić information content (AvgIpc) is 2.77. The Kier molecular flexibility index (Phi) is 4.04. The van der Waals surface area contributed by atoms with E-state index in [1.54, 1.807) is 0 Å². The Morgan fingerprint density at radius 2 is 2.11 bits per heavy atom. The van der Waals surface area contributed by atoms with Crippen molar-refractivity contribution >= 4 is 17.6 Å². The lowest BCUT2D eigenvalue weighted by atomic mass is 10.2. The minimum absolute atomic E-state index is 0.135. The van der Waals surface area contributed by atoms with Crippen LogP contribution in [-0.2, 0) is 20.7 Å². The molecule has 0 fully saturated rings. The molecule has 5 nitrogen and oxygen atoms in total. The second-order valence-electron chi connectivity index (χ2n) is 4.57. The van der Waals surface area contributed by atoms with Crippen molar-refractivity contribution in [1.29, 1.82) is 0 Å². The lowest BCUT2D eigenvalue weighted by molar-refractivity contribution is -0.146. The highest BCUT2D eigenvalue weighted by atomic mass is 16.6. The molecule has 0 radical (unpaired) electrons. The van der Waals surface area contributed by atoms with E-state index in [-0.39, 0.29) is 11.9 Å². The maximum atomic E-state index is 11.2. The van der Waals surface area contributed by atoms with Gasteiger partial charge >= 0.3 is 5.97 Å². The van der Waals surface area contributed by atoms with Gasteiger partial charge in [0, 0.05) is 26.1 Å². The molecule has 0 saturated heterocycles. The van der Waals surface area contributed by atoms with Crippen molar-refractivity contribution in [1.82, 2.24) is 5.32 Å². The normalized spacial score (nSPS) is 14.7. The van der Waals surface area contributed by atoms with E-state index in [4.69, 9.17) is 4.74 Å². The molecular weight excluding hydrogens is 244 g/mol. The number of fused-ring (bicyclic) bond motifs is 1. The molecule has 0 aromatic heterocycles. The maximum Gasteiger partial charge on any atom is 0.304 e. The van der Waals surface area contributed by atoms with Crippen molar-refractivity contribution in [3.8, 4) is 0 Å². The van der Waals surface area contributed by atoms with Gasteiger partial charge in [-0.05, 0) is 18.1 Å². The Morgan fingerprint density at radius 1 is 1.37 bits per heavy atom. The summed E-state index contributed by atoms with van der Waals surface area (Å²) in [5, 5.41) is 2.70. The van der Waals surface area contributed by atoms with Crippen LogP contribution in [-0.4, -0.2) is 31.2 Å². The largest absolute Gasteiger partial charge is 0.440 e. The van der Waals surface area contributed by atoms with Gasteiger partial charge in [0.05, 0.1) is 6.54 Å². The van der Waals surface area contributed by atoms with E-state index >= 15 is 0 Å². The van der Waals surface area contributed by atoms with Crippen LogP contribution >= 0.6 is 0 Å². The summed E-state index contributed by atoms with van der Waals surface area (Å²) in [6.45, 7) is 3.91. The molecule has 5 heteroatoms. The SMILES string of the molecule is CC(=O)NCC(OC(C)=O)N1CCc2ccccc21. The Bertz CT molecular complexity index is 487. The highest BCUT2D eigenvalue weighted by Crippen LogP contribution is 2.29. The molecule has 1 aromatic carbocycles. The highest BCUT2D eigenvalue weighted by molar-refractivity contribution is 5.73. The van der Waals surface area contributed by atoms with E-state index in [1.165, 1.54) is 19.4 Å². The molecule has 102 valence electrons. The van der Waals surface area contributed by atoms with Crippen LogP contribution in [0.5, 0.6) is 0 Å². The molecular formula is C14H18N2O3. The van der Waals surface area contributed by atoms with Crippen LogP contribution < -0.4 is 10.2 Å². The molecule has 0 aliphatic carbocycles. The number of hydrogen-bond acceptors (Lipinski definition) is 4. The van der Waals surface area contributed by atoms with Crippen LogP contribution in [0.25, 0.3) is 0 Å². The monoisotopic (exact) mass is 262 g/mol. The van der Waals surface area contributed by atoms with Crippen molar-refractivity contribution in [2.24, 2.45) is 0 Å². The summed E-state index contributed by atoms with van der Waals surface area (Å²) >= 11 is 0. The van der Waals surface area contributed by atoms with E-state index in [1.807, 2.05) is 23.1 Å². The number of nitrogens with zero attached hydrogens (tertiary/aromatic N) is 1. The molecule has 1 unspecified atom stereocenters. The Hall–Kier alpha value is -2.04. The summed E-state index contributed by atoms with van der Waals surface area (Å²) in [6, 6.07) is 8.03. The first-order chi connectivity index (χ1) is 9.08. The molecule has 1 aliphatic rings. The number of rotatable bonds is 4. The summed E-state index contributed by atoms with van der Waals surface area (Å²) in [6.07, 6.45) is 0.471. The van der Waals surface area contributed by atoms with E-state index < -0.39 is 6.23 Å². The first-order valence-electron chi connectivity index (χ1n) is 6.34. The molecule has 1 heterocycles. The summed E-state index contributed by atoms with van der Waals surface area (Å²) in [4.78, 5) is 24.3. The van der Waals surface area contributed by atoms with Gasteiger partial charge in [0.25, 0.3) is 0 Å². The third kappa shape index (κ3) is 3.24. The van der Waals surface area contributed by atoms with Crippen LogP contribution in [0.2, 0.25) is 0 Å². The van der Waals surface area contributed by atoms with Crippen molar-refractivity contribution in [3.05, 3.63) is 29.8 Å². The van der Waals surface area contributed by atoms with E-state index in [2.05, 4.69) is 11.4 Å². The van der Waals surface area contributed by atoms with Gasteiger partial charge in [-0.25, -0.2) is 0 Å². The molecule has 0 bridgehead atoms. The number of esters is 1. The number of carbonyl (C=O) groups excluding carboxylic acids is 2. The van der Waals surface area contributed by atoms with Crippen molar-refractivity contribution in [2.75, 3.05) is 18.0 Å². The Balaban J connectivity index is 2.14. The van der Waals surface area contributed by atoms with Gasteiger partial charge in [0.1, 0.15) is 0 Å². The zero-order valence-electron chi connectivity index (χ0n) is 11.2. The zero-order chi connectivity index (χ0) is 13.8. The van der Waals surface area contributed by atoms with Crippen LogP contribution in [0, 0.1) is 0 Å². The highest BCUT2D eigenvalue weighted by Gasteiger charge is 2.27. The number of anilines is 1. The average molecular weight is 262 g/mol. The maximum absolute atomic E-state index is 11.2. The molecule has 0 spiro atoms. The van der Waals surface area contributed by atoms with Gasteiger partial charge in [-0.3, -0.25) is 9.59 Å². The standard InChI is InChI=1S/C14H18N2O3/c1-10(17)15-9-14(19-11(2)18)16-8-7-12-5-3-4-6-13(12)16/h3-6,14H,7-9H2,1-2H3,(H,15,17). The number of carbonyl (C=O) groups is 2. The predicted molar refractivity (Wildman–Crippen MR) is 71.7 cm³/mol. The zero-order valence-corrected chi connectivity index (χ0v) is 11.2. The molecule has 2 rings (SSSR count). The molecule has 1 aliphatic heterocycles. The van der Waals surface area contributed by atoms with Gasteiger partial charge < -0.3 is 15.0 Å². The van der Waals surface area contributed by atoms with Crippen molar-refractivity contribution in [2.45, 2.75) is 26.5 Å². The third-order valence-electron chi connectivity index (χ3n) is 3.10. The van der Waals surface area contributed by atoms with Crippen LogP contribution in [0.4, 0.5) is 5.69 Å². The second-order valence-corrected chi connectivity index (χ2v) is 4.57. The molecule has 1 aromatic rings. The predicted octanol–water partition coefficient (Wildman–Crippen LogP) is 1.07. The summed E-state index contributed by atoms with van der Waals surface area (Å²) in [7, 11) is 0. The fourth-order valence-electron chi connectivity index (χ4n) is 2.30. The van der Waals surface area contributed by atoms with Gasteiger partial charge in [-0.2, -0.15) is 0 Å². The van der Waals surface area contributed by atoms with E-state index in [9.17, 15) is 9.59 Å². The second kappa shape index (κ2) is 5.73. The lowest BCUT2D eigenvalue weighted by Gasteiger charge is -2.29. The smallest absolute Gasteiger partial charge is 0.304 e. The number of benzene rings is 1. The van der Waals surface area contributed by atoms with Crippen molar-refractivity contribution in [3.63, 3.8) is 0 Å². The topological polar surface area (TPSA) is 58.6 Å². The number of hydrogen-bond donors (Lipinski definition) is 1. The Morgan fingerprint density at radius 3 is 2.79 bits per heavy atom. The number of para-hydroxylation sites is 1. The first kappa shape index (κ1) is 13.4. The van der Waals surface area contributed by atoms with Gasteiger partial charge in [0.15, 0.2) is 6.23 Å². The van der Waals surface area contributed by atoms with Crippen molar-refractivity contribution < 1.29 is 14.3 Å². The quantitative estimate of drug-likeness (QED) is 0.825. The summed E-state index contributed by atoms with van der Waals surface area (Å²) in [5.74, 6) is -0.482. The van der Waals surface area contributed by atoms with Crippen LogP contribution in [0.15, 0.2) is 24.3 Å². The third-order valence-corrected chi connectivity index (χ3v) is 3.10. The molecule has 1 N–H and O–H groups in total. The van der Waals surface area contributed by atoms with Gasteiger partial charge in [0.2, 0.25) is 5.91 Å². The minimum atomic E-state index is -0.454. The fraction of sp³-hybridized carbons (Fsp3) is 0.429. The minimum Gasteiger partial charge on any atom is -0.440 e. The molecule has 1 atom stereocenters. The Labute approximate surface area is 112 Å². The van der Waals surface area contributed by atoms with Crippen LogP contribution in [0.1, 0.15) is 19.4 Å². The number of ether oxygens (including phenoxy) is 1. The number of amides is 1. The van der Waals surface area contributed by atoms with E-state index in [0.29, 0.717) is 6.54 Å². The molecule has 19 heavy (non-hydrogen) atoms. The van der Waals surface area contributed by atoms with E-state index in [0.717, 1.165) is 18.7 Å². The van der Waals surface area contributed by atoms with Gasteiger partial charge in [-0.15, -0.1) is 0 Å². The first-order valence-corrected chi connectivity index (χ1v) is 6.34. The molecule has 0 saturated carbocycles. The fourth-order valence-corrected chi connectivity index (χ4v) is 2.30. The van der Waals surface area contributed by atoms with Crippen LogP contribution in [0.3, 0.4) is 0 Å². The number of nitrogens with one attached hydrogen (secondary N) is 1. The molecule has 1 amide bonds. The summed E-state index contributed by atoms with van der Waals surface area (Å²) < 4.78 is 5.31. The lowest BCUT2D eigenvalue weighted by Crippen LogP contribution is -2.45. The summed E-state index contributed by atoms with van der Waals surface area (Å²) in [5.41, 5.74) is 2.31.